The minimum atomic E-state index is -0.467. The van der Waals surface area contributed by atoms with Crippen LogP contribution in [-0.4, -0.2) is 50.9 Å². The van der Waals surface area contributed by atoms with Crippen LogP contribution in [0.5, 0.6) is 17.2 Å². The molecule has 1 aliphatic carbocycles. The Balaban J connectivity index is 1.13. The summed E-state index contributed by atoms with van der Waals surface area (Å²) < 4.78 is 21.4. The molecule has 0 bridgehead atoms. The molecule has 5 rings (SSSR count). The molecule has 0 N–H and O–H groups in total. The fourth-order valence-electron chi connectivity index (χ4n) is 5.62. The number of nitrogens with zero attached hydrogens (tertiary/aromatic N) is 1. The van der Waals surface area contributed by atoms with Crippen molar-refractivity contribution in [1.29, 1.82) is 0 Å². The van der Waals surface area contributed by atoms with Gasteiger partial charge in [0.1, 0.15) is 17.2 Å². The fraction of sp³-hybridized carbons (Fsp3) is 0.225. The van der Waals surface area contributed by atoms with E-state index >= 15 is 0 Å². The van der Waals surface area contributed by atoms with E-state index in [9.17, 15) is 24.0 Å². The maximum absolute atomic E-state index is 13.2. The van der Waals surface area contributed by atoms with Crippen LogP contribution in [0.3, 0.4) is 0 Å². The molecular formula is C40H36ClNO9. The van der Waals surface area contributed by atoms with Crippen molar-refractivity contribution in [3.8, 4) is 17.2 Å². The molecule has 51 heavy (non-hydrogen) atoms. The summed E-state index contributed by atoms with van der Waals surface area (Å²) in [6, 6.07) is 24.2. The van der Waals surface area contributed by atoms with Crippen LogP contribution >= 0.6 is 11.6 Å². The first-order valence-electron chi connectivity index (χ1n) is 16.2. The number of anilines is 1. The van der Waals surface area contributed by atoms with Gasteiger partial charge in [0, 0.05) is 34.4 Å². The lowest BCUT2D eigenvalue weighted by Gasteiger charge is -2.26. The number of ketones is 1. The van der Waals surface area contributed by atoms with Crippen molar-refractivity contribution in [2.45, 2.75) is 25.7 Å². The van der Waals surface area contributed by atoms with E-state index in [4.69, 9.17) is 30.5 Å². The molecule has 0 unspecified atom stereocenters. The van der Waals surface area contributed by atoms with Crippen LogP contribution in [0.4, 0.5) is 5.69 Å². The molecule has 11 heteroatoms. The molecule has 0 radical (unpaired) electrons. The Labute approximate surface area is 300 Å². The van der Waals surface area contributed by atoms with Gasteiger partial charge >= 0.3 is 17.9 Å². The second-order valence-electron chi connectivity index (χ2n) is 11.9. The molecule has 1 aliphatic rings. The second-order valence-corrected chi connectivity index (χ2v) is 12.4. The third-order valence-corrected chi connectivity index (χ3v) is 8.92. The first kappa shape index (κ1) is 36.5. The highest BCUT2D eigenvalue weighted by atomic mass is 35.5. The molecule has 10 nitrogen and oxygen atoms in total. The van der Waals surface area contributed by atoms with Crippen molar-refractivity contribution in [3.05, 3.63) is 124 Å². The topological polar surface area (TPSA) is 126 Å². The molecule has 4 aromatic rings. The van der Waals surface area contributed by atoms with Gasteiger partial charge in [0.15, 0.2) is 5.78 Å². The Morgan fingerprint density at radius 3 is 1.82 bits per heavy atom. The molecule has 1 saturated carbocycles. The number of halogens is 1. The molecule has 0 heterocycles. The number of rotatable bonds is 11. The molecule has 262 valence electrons. The Bertz CT molecular complexity index is 1930. The smallest absolute Gasteiger partial charge is 0.337 e. The Kier molecular flexibility index (Phi) is 12.0. The van der Waals surface area contributed by atoms with Crippen molar-refractivity contribution in [3.63, 3.8) is 0 Å². The molecule has 1 fully saturated rings. The summed E-state index contributed by atoms with van der Waals surface area (Å²) in [4.78, 5) is 65.0. The van der Waals surface area contributed by atoms with Crippen molar-refractivity contribution >= 4 is 53.0 Å². The average molecular weight is 710 g/mol. The van der Waals surface area contributed by atoms with Crippen molar-refractivity contribution in [1.82, 2.24) is 0 Å². The number of benzene rings is 4. The third-order valence-electron chi connectivity index (χ3n) is 8.66. The number of methoxy groups -OCH3 is 2. The summed E-state index contributed by atoms with van der Waals surface area (Å²) in [6.07, 6.45) is 4.73. The normalized spacial score (nSPS) is 15.5. The minimum absolute atomic E-state index is 0.241. The third kappa shape index (κ3) is 9.29. The molecule has 0 spiro atoms. The summed E-state index contributed by atoms with van der Waals surface area (Å²) in [5.41, 5.74) is 2.31. The van der Waals surface area contributed by atoms with Crippen LogP contribution < -0.4 is 19.1 Å². The number of hydrogen-bond donors (Lipinski definition) is 0. The van der Waals surface area contributed by atoms with Gasteiger partial charge < -0.3 is 23.8 Å². The van der Waals surface area contributed by atoms with Gasteiger partial charge in [-0.3, -0.25) is 19.2 Å². The maximum atomic E-state index is 13.2. The van der Waals surface area contributed by atoms with Gasteiger partial charge in [-0.1, -0.05) is 11.6 Å². The number of amides is 1. The van der Waals surface area contributed by atoms with Crippen LogP contribution in [0.25, 0.3) is 6.08 Å². The quantitative estimate of drug-likeness (QED) is 0.0669. The summed E-state index contributed by atoms with van der Waals surface area (Å²) >= 11 is 5.93. The predicted octanol–water partition coefficient (Wildman–Crippen LogP) is 7.63. The Hall–Kier alpha value is -5.74. The van der Waals surface area contributed by atoms with Gasteiger partial charge in [-0.15, -0.1) is 0 Å². The van der Waals surface area contributed by atoms with Gasteiger partial charge in [-0.25, -0.2) is 4.79 Å². The summed E-state index contributed by atoms with van der Waals surface area (Å²) in [7, 11) is 4.44. The average Bonchev–Trinajstić information content (AvgIpc) is 3.17. The highest BCUT2D eigenvalue weighted by molar-refractivity contribution is 6.30. The van der Waals surface area contributed by atoms with Crippen LogP contribution in [0.2, 0.25) is 5.02 Å². The molecule has 0 atom stereocenters. The van der Waals surface area contributed by atoms with Crippen LogP contribution in [-0.2, 0) is 14.3 Å². The zero-order valence-electron chi connectivity index (χ0n) is 28.3. The monoisotopic (exact) mass is 709 g/mol. The highest BCUT2D eigenvalue weighted by Crippen LogP contribution is 2.33. The van der Waals surface area contributed by atoms with Gasteiger partial charge in [0.2, 0.25) is 0 Å². The van der Waals surface area contributed by atoms with Crippen molar-refractivity contribution in [2.75, 3.05) is 26.2 Å². The number of allylic oxidation sites excluding steroid dienone is 1. The first-order valence-corrected chi connectivity index (χ1v) is 16.6. The van der Waals surface area contributed by atoms with E-state index in [-0.39, 0.29) is 17.4 Å². The lowest BCUT2D eigenvalue weighted by atomic mass is 9.82. The van der Waals surface area contributed by atoms with E-state index in [0.717, 1.165) is 0 Å². The molecule has 0 aliphatic heterocycles. The van der Waals surface area contributed by atoms with Gasteiger partial charge in [-0.05, 0) is 129 Å². The van der Waals surface area contributed by atoms with E-state index in [1.807, 2.05) is 0 Å². The zero-order valence-corrected chi connectivity index (χ0v) is 29.1. The maximum Gasteiger partial charge on any atom is 0.337 e. The molecular weight excluding hydrogens is 674 g/mol. The second kappa shape index (κ2) is 16.8. The summed E-state index contributed by atoms with van der Waals surface area (Å²) in [6.45, 7) is 0. The number of esters is 3. The summed E-state index contributed by atoms with van der Waals surface area (Å²) in [5, 5.41) is 0.524. The van der Waals surface area contributed by atoms with Crippen molar-refractivity contribution < 1.29 is 42.9 Å². The van der Waals surface area contributed by atoms with Crippen LogP contribution in [0, 0.1) is 11.8 Å². The zero-order chi connectivity index (χ0) is 36.5. The number of carbonyl (C=O) groups is 5. The SMILES string of the molecule is COC(=O)c1ccc(N(C)C(=O)c2ccc(OC(=O)C3CCC(C(=O)Oc4ccc(OC)cc4/C=C/C(=O)c4ccc(Cl)cc4)CC3)cc2)cc1. The lowest BCUT2D eigenvalue weighted by Crippen LogP contribution is -2.30. The van der Waals surface area contributed by atoms with Gasteiger partial charge in [0.05, 0.1) is 31.6 Å². The van der Waals surface area contributed by atoms with Crippen LogP contribution in [0.15, 0.2) is 97.1 Å². The molecule has 4 aromatic carbocycles. The number of carbonyl (C=O) groups excluding carboxylic acids is 5. The lowest BCUT2D eigenvalue weighted by molar-refractivity contribution is -0.145. The summed E-state index contributed by atoms with van der Waals surface area (Å²) in [5.74, 6) is -1.51. The minimum Gasteiger partial charge on any atom is -0.497 e. The molecule has 0 aromatic heterocycles. The van der Waals surface area contributed by atoms with Crippen LogP contribution in [0.1, 0.15) is 62.3 Å². The van der Waals surface area contributed by atoms with Gasteiger partial charge in [0.25, 0.3) is 5.91 Å². The Morgan fingerprint density at radius 2 is 1.24 bits per heavy atom. The Morgan fingerprint density at radius 1 is 0.686 bits per heavy atom. The predicted molar refractivity (Wildman–Crippen MR) is 191 cm³/mol. The highest BCUT2D eigenvalue weighted by Gasteiger charge is 2.32. The van der Waals surface area contributed by atoms with E-state index in [2.05, 4.69) is 0 Å². The van der Waals surface area contributed by atoms with E-state index in [1.165, 1.54) is 25.2 Å². The van der Waals surface area contributed by atoms with E-state index in [1.54, 1.807) is 104 Å². The molecule has 0 saturated heterocycles. The number of ether oxygens (including phenoxy) is 4. The largest absolute Gasteiger partial charge is 0.497 e. The fourth-order valence-corrected chi connectivity index (χ4v) is 5.75. The standard InChI is InChI=1S/C40H36ClNO9/c1-42(32-17-10-27(11-18-32)38(45)49-3)37(44)26-12-19-33(20-13-26)50-39(46)28-4-6-29(7-5-28)40(47)51-36-23-21-34(48-2)24-30(36)14-22-35(43)25-8-15-31(41)16-9-25/h8-24,28-29H,4-7H2,1-3H3/b22-14+. The first-order chi connectivity index (χ1) is 24.6. The van der Waals surface area contributed by atoms with E-state index < -0.39 is 29.7 Å². The number of hydrogen-bond acceptors (Lipinski definition) is 9. The van der Waals surface area contributed by atoms with Crippen molar-refractivity contribution in [2.24, 2.45) is 11.8 Å². The van der Waals surface area contributed by atoms with E-state index in [0.29, 0.717) is 70.1 Å². The van der Waals surface area contributed by atoms with Gasteiger partial charge in [-0.2, -0.15) is 0 Å². The molecule has 1 amide bonds.